The summed E-state index contributed by atoms with van der Waals surface area (Å²) in [6, 6.07) is 1.55. The van der Waals surface area contributed by atoms with Gasteiger partial charge in [0.15, 0.2) is 0 Å². The molecule has 0 aromatic rings. The van der Waals surface area contributed by atoms with Gasteiger partial charge in [-0.1, -0.05) is 26.2 Å². The molecule has 2 heteroatoms. The minimum Gasteiger partial charge on any atom is -0.314 e. The quantitative estimate of drug-likeness (QED) is 0.671. The van der Waals surface area contributed by atoms with Crippen LogP contribution in [0.4, 0.5) is 0 Å². The van der Waals surface area contributed by atoms with Crippen molar-refractivity contribution in [2.45, 2.75) is 70.9 Å². The second-order valence-corrected chi connectivity index (χ2v) is 5.39. The number of hydrogen-bond acceptors (Lipinski definition) is 2. The Labute approximate surface area is 102 Å². The fourth-order valence-electron chi connectivity index (χ4n) is 2.53. The summed E-state index contributed by atoms with van der Waals surface area (Å²) in [7, 11) is 2.30. The Morgan fingerprint density at radius 2 is 1.94 bits per heavy atom. The van der Waals surface area contributed by atoms with E-state index in [0.29, 0.717) is 6.04 Å². The number of nitrogens with one attached hydrogen (secondary N) is 1. The van der Waals surface area contributed by atoms with Gasteiger partial charge < -0.3 is 10.2 Å². The smallest absolute Gasteiger partial charge is 0.00922 e. The first-order chi connectivity index (χ1) is 7.74. The standard InChI is InChI=1S/C14H30N2/c1-4-13(2)15-11-8-12-16(3)14-9-6-5-7-10-14/h13-15H,4-12H2,1-3H3. The molecule has 0 amide bonds. The zero-order chi connectivity index (χ0) is 11.8. The summed E-state index contributed by atoms with van der Waals surface area (Å²) in [6.07, 6.45) is 9.72. The Morgan fingerprint density at radius 3 is 2.56 bits per heavy atom. The van der Waals surface area contributed by atoms with Gasteiger partial charge in [-0.15, -0.1) is 0 Å². The highest BCUT2D eigenvalue weighted by atomic mass is 15.1. The minimum atomic E-state index is 0.681. The second kappa shape index (κ2) is 8.08. The van der Waals surface area contributed by atoms with E-state index in [1.54, 1.807) is 0 Å². The average molecular weight is 226 g/mol. The van der Waals surface area contributed by atoms with Gasteiger partial charge in [-0.05, 0) is 52.7 Å². The number of nitrogens with zero attached hydrogens (tertiary/aromatic N) is 1. The molecule has 1 rings (SSSR count). The fourth-order valence-corrected chi connectivity index (χ4v) is 2.53. The van der Waals surface area contributed by atoms with Crippen molar-refractivity contribution in [3.8, 4) is 0 Å². The van der Waals surface area contributed by atoms with Gasteiger partial charge in [0.05, 0.1) is 0 Å². The van der Waals surface area contributed by atoms with E-state index < -0.39 is 0 Å². The molecule has 0 saturated heterocycles. The van der Waals surface area contributed by atoms with Gasteiger partial charge in [0.1, 0.15) is 0 Å². The lowest BCUT2D eigenvalue weighted by molar-refractivity contribution is 0.189. The lowest BCUT2D eigenvalue weighted by Crippen LogP contribution is -2.36. The van der Waals surface area contributed by atoms with Gasteiger partial charge >= 0.3 is 0 Å². The molecule has 96 valence electrons. The molecule has 1 aliphatic carbocycles. The van der Waals surface area contributed by atoms with Gasteiger partial charge in [0.25, 0.3) is 0 Å². The Kier molecular flexibility index (Phi) is 7.06. The van der Waals surface area contributed by atoms with E-state index in [0.717, 1.165) is 6.04 Å². The fraction of sp³-hybridized carbons (Fsp3) is 1.00. The molecule has 0 radical (unpaired) electrons. The molecule has 0 heterocycles. The molecular formula is C14H30N2. The van der Waals surface area contributed by atoms with Crippen molar-refractivity contribution in [2.75, 3.05) is 20.1 Å². The first-order valence-corrected chi connectivity index (χ1v) is 7.17. The summed E-state index contributed by atoms with van der Waals surface area (Å²) in [4.78, 5) is 2.58. The van der Waals surface area contributed by atoms with Crippen molar-refractivity contribution in [1.82, 2.24) is 10.2 Å². The molecule has 2 nitrogen and oxygen atoms in total. The molecule has 1 fully saturated rings. The van der Waals surface area contributed by atoms with E-state index in [2.05, 4.69) is 31.1 Å². The third kappa shape index (κ3) is 5.31. The molecule has 0 aliphatic heterocycles. The van der Waals surface area contributed by atoms with Crippen molar-refractivity contribution in [1.29, 1.82) is 0 Å². The first kappa shape index (κ1) is 14.0. The predicted molar refractivity (Wildman–Crippen MR) is 71.9 cm³/mol. The zero-order valence-corrected chi connectivity index (χ0v) is 11.5. The summed E-state index contributed by atoms with van der Waals surface area (Å²) in [6.45, 7) is 6.94. The molecule has 1 saturated carbocycles. The molecular weight excluding hydrogens is 196 g/mol. The van der Waals surface area contributed by atoms with Crippen LogP contribution in [0, 0.1) is 0 Å². The van der Waals surface area contributed by atoms with Crippen LogP contribution in [0.25, 0.3) is 0 Å². The van der Waals surface area contributed by atoms with E-state index in [-0.39, 0.29) is 0 Å². The Hall–Kier alpha value is -0.0800. The van der Waals surface area contributed by atoms with Crippen molar-refractivity contribution in [3.63, 3.8) is 0 Å². The molecule has 0 spiro atoms. The predicted octanol–water partition coefficient (Wildman–Crippen LogP) is 3.03. The van der Waals surface area contributed by atoms with Crippen LogP contribution in [0.5, 0.6) is 0 Å². The maximum atomic E-state index is 3.56. The van der Waals surface area contributed by atoms with Crippen LogP contribution in [-0.2, 0) is 0 Å². The molecule has 0 aromatic heterocycles. The Bertz CT molecular complexity index is 164. The topological polar surface area (TPSA) is 15.3 Å². The number of hydrogen-bond donors (Lipinski definition) is 1. The molecule has 1 aliphatic rings. The van der Waals surface area contributed by atoms with E-state index in [1.807, 2.05) is 0 Å². The summed E-state index contributed by atoms with van der Waals surface area (Å²) in [5.41, 5.74) is 0. The lowest BCUT2D eigenvalue weighted by Gasteiger charge is -2.31. The highest BCUT2D eigenvalue weighted by Crippen LogP contribution is 2.21. The van der Waals surface area contributed by atoms with Crippen LogP contribution >= 0.6 is 0 Å². The monoisotopic (exact) mass is 226 g/mol. The number of rotatable bonds is 7. The highest BCUT2D eigenvalue weighted by Gasteiger charge is 2.17. The third-order valence-electron chi connectivity index (χ3n) is 3.99. The lowest BCUT2D eigenvalue weighted by atomic mass is 9.94. The maximum absolute atomic E-state index is 3.56. The molecule has 1 unspecified atom stereocenters. The van der Waals surface area contributed by atoms with Crippen molar-refractivity contribution in [3.05, 3.63) is 0 Å². The normalized spacial score (nSPS) is 20.2. The van der Waals surface area contributed by atoms with Crippen molar-refractivity contribution < 1.29 is 0 Å². The van der Waals surface area contributed by atoms with Gasteiger partial charge in [-0.25, -0.2) is 0 Å². The van der Waals surface area contributed by atoms with E-state index in [9.17, 15) is 0 Å². The summed E-state index contributed by atoms with van der Waals surface area (Å²) in [5, 5.41) is 3.56. The van der Waals surface area contributed by atoms with Gasteiger partial charge in [0.2, 0.25) is 0 Å². The van der Waals surface area contributed by atoms with Crippen LogP contribution in [-0.4, -0.2) is 37.1 Å². The molecule has 0 aromatic carbocycles. The largest absolute Gasteiger partial charge is 0.314 e. The highest BCUT2D eigenvalue weighted by molar-refractivity contribution is 4.73. The third-order valence-corrected chi connectivity index (χ3v) is 3.99. The van der Waals surface area contributed by atoms with Crippen molar-refractivity contribution >= 4 is 0 Å². The van der Waals surface area contributed by atoms with Gasteiger partial charge in [0, 0.05) is 12.1 Å². The van der Waals surface area contributed by atoms with Gasteiger partial charge in [-0.2, -0.15) is 0 Å². The van der Waals surface area contributed by atoms with Crippen molar-refractivity contribution in [2.24, 2.45) is 0 Å². The Balaban J connectivity index is 2.03. The minimum absolute atomic E-state index is 0.681. The summed E-state index contributed by atoms with van der Waals surface area (Å²) >= 11 is 0. The Morgan fingerprint density at radius 1 is 1.25 bits per heavy atom. The average Bonchev–Trinajstić information content (AvgIpc) is 2.35. The van der Waals surface area contributed by atoms with Crippen LogP contribution in [0.1, 0.15) is 58.8 Å². The van der Waals surface area contributed by atoms with E-state index in [4.69, 9.17) is 0 Å². The van der Waals surface area contributed by atoms with Crippen LogP contribution in [0.15, 0.2) is 0 Å². The zero-order valence-electron chi connectivity index (χ0n) is 11.5. The van der Waals surface area contributed by atoms with Crippen LogP contribution < -0.4 is 5.32 Å². The molecule has 1 N–H and O–H groups in total. The molecule has 16 heavy (non-hydrogen) atoms. The van der Waals surface area contributed by atoms with Gasteiger partial charge in [-0.3, -0.25) is 0 Å². The summed E-state index contributed by atoms with van der Waals surface area (Å²) < 4.78 is 0. The van der Waals surface area contributed by atoms with E-state index >= 15 is 0 Å². The summed E-state index contributed by atoms with van der Waals surface area (Å²) in [5.74, 6) is 0. The maximum Gasteiger partial charge on any atom is 0.00922 e. The van der Waals surface area contributed by atoms with Crippen LogP contribution in [0.3, 0.4) is 0 Å². The first-order valence-electron chi connectivity index (χ1n) is 7.17. The van der Waals surface area contributed by atoms with E-state index in [1.165, 1.54) is 58.0 Å². The van der Waals surface area contributed by atoms with Crippen LogP contribution in [0.2, 0.25) is 0 Å². The second-order valence-electron chi connectivity index (χ2n) is 5.39. The molecule has 0 bridgehead atoms. The SMILES string of the molecule is CCC(C)NCCCN(C)C1CCCCC1. The molecule has 1 atom stereocenters.